The molecule has 1 heterocycles. The van der Waals surface area contributed by atoms with Gasteiger partial charge in [0.2, 0.25) is 0 Å². The van der Waals surface area contributed by atoms with Crippen LogP contribution in [0.25, 0.3) is 22.0 Å². The first-order chi connectivity index (χ1) is 15.0. The minimum atomic E-state index is -0.893. The zero-order chi connectivity index (χ0) is 21.8. The summed E-state index contributed by atoms with van der Waals surface area (Å²) < 4.78 is 0. The number of likely N-dealkylation sites (N-methyl/N-ethyl adjacent to an activating group) is 1. The van der Waals surface area contributed by atoms with E-state index in [1.807, 2.05) is 42.5 Å². The van der Waals surface area contributed by atoms with Crippen molar-refractivity contribution in [2.75, 3.05) is 18.5 Å². The molecule has 0 aliphatic rings. The molecule has 0 saturated carbocycles. The highest BCUT2D eigenvalue weighted by Crippen LogP contribution is 2.32. The van der Waals surface area contributed by atoms with Crippen LogP contribution in [0.1, 0.15) is 11.1 Å². The number of aromatic nitrogens is 1. The Morgan fingerprint density at radius 2 is 1.58 bits per heavy atom. The Morgan fingerprint density at radius 3 is 2.29 bits per heavy atom. The maximum absolute atomic E-state index is 11.2. The zero-order valence-corrected chi connectivity index (χ0v) is 17.3. The maximum Gasteiger partial charge on any atom is 0.323 e. The van der Waals surface area contributed by atoms with Gasteiger partial charge in [0.1, 0.15) is 18.1 Å². The average Bonchev–Trinajstić information content (AvgIpc) is 2.78. The summed E-state index contributed by atoms with van der Waals surface area (Å²) in [6.07, 6.45) is 1.74. The number of rotatable bonds is 7. The van der Waals surface area contributed by atoms with E-state index in [-0.39, 0.29) is 12.3 Å². The summed E-state index contributed by atoms with van der Waals surface area (Å²) in [7, 11) is 1.74. The number of nitrogens with zero attached hydrogens (tertiary/aromatic N) is 2. The summed E-state index contributed by atoms with van der Waals surface area (Å²) in [4.78, 5) is 17.5. The molecule has 0 bridgehead atoms. The van der Waals surface area contributed by atoms with E-state index in [2.05, 4.69) is 24.3 Å². The monoisotopic (exact) mass is 412 g/mol. The summed E-state index contributed by atoms with van der Waals surface area (Å²) in [6.45, 7) is -0.114. The predicted octanol–water partition coefficient (Wildman–Crippen LogP) is 4.91. The first-order valence-electron chi connectivity index (χ1n) is 10.2. The molecule has 156 valence electrons. The zero-order valence-electron chi connectivity index (χ0n) is 17.3. The first kappa shape index (κ1) is 20.4. The van der Waals surface area contributed by atoms with Crippen molar-refractivity contribution >= 4 is 22.7 Å². The van der Waals surface area contributed by atoms with Gasteiger partial charge in [-0.05, 0) is 65.4 Å². The van der Waals surface area contributed by atoms with Crippen LogP contribution in [-0.4, -0.2) is 34.8 Å². The van der Waals surface area contributed by atoms with Crippen molar-refractivity contribution in [3.05, 3.63) is 90.0 Å². The number of aryl methyl sites for hydroxylation is 2. The molecule has 1 aromatic heterocycles. The summed E-state index contributed by atoms with van der Waals surface area (Å²) in [5, 5.41) is 19.7. The number of carboxylic acid groups (broad SMARTS) is 1. The summed E-state index contributed by atoms with van der Waals surface area (Å²) in [6, 6.07) is 25.6. The number of carboxylic acids is 1. The SMILES string of the molecule is CN(CC(=O)O)c1cc(-c2ccccc2)c2cc(CCc3ccc(O)cc3)ccc2n1. The van der Waals surface area contributed by atoms with Gasteiger partial charge in [0, 0.05) is 12.4 Å². The molecule has 0 saturated heterocycles. The van der Waals surface area contributed by atoms with Crippen LogP contribution in [-0.2, 0) is 17.6 Å². The number of hydrogen-bond donors (Lipinski definition) is 2. The van der Waals surface area contributed by atoms with Gasteiger partial charge in [-0.3, -0.25) is 4.79 Å². The van der Waals surface area contributed by atoms with Gasteiger partial charge in [-0.2, -0.15) is 0 Å². The van der Waals surface area contributed by atoms with E-state index in [9.17, 15) is 9.90 Å². The number of hydrogen-bond acceptors (Lipinski definition) is 4. The van der Waals surface area contributed by atoms with Crippen LogP contribution >= 0.6 is 0 Å². The lowest BCUT2D eigenvalue weighted by Gasteiger charge is -2.18. The van der Waals surface area contributed by atoms with Crippen LogP contribution in [0.3, 0.4) is 0 Å². The highest BCUT2D eigenvalue weighted by Gasteiger charge is 2.13. The summed E-state index contributed by atoms with van der Waals surface area (Å²) in [5.74, 6) is 0.0116. The van der Waals surface area contributed by atoms with E-state index >= 15 is 0 Å². The largest absolute Gasteiger partial charge is 0.508 e. The molecule has 2 N–H and O–H groups in total. The summed E-state index contributed by atoms with van der Waals surface area (Å²) in [5.41, 5.74) is 5.30. The van der Waals surface area contributed by atoms with Crippen LogP contribution < -0.4 is 4.90 Å². The number of benzene rings is 3. The quantitative estimate of drug-likeness (QED) is 0.451. The number of aromatic hydroxyl groups is 1. The molecule has 31 heavy (non-hydrogen) atoms. The van der Waals surface area contributed by atoms with E-state index in [1.54, 1.807) is 24.1 Å². The van der Waals surface area contributed by atoms with Gasteiger partial charge >= 0.3 is 5.97 Å². The second-order valence-electron chi connectivity index (χ2n) is 7.66. The van der Waals surface area contributed by atoms with Crippen LogP contribution in [0.4, 0.5) is 5.82 Å². The highest BCUT2D eigenvalue weighted by atomic mass is 16.4. The smallest absolute Gasteiger partial charge is 0.323 e. The second kappa shape index (κ2) is 8.88. The van der Waals surface area contributed by atoms with Gasteiger partial charge in [0.15, 0.2) is 0 Å². The van der Waals surface area contributed by atoms with Gasteiger partial charge in [-0.15, -0.1) is 0 Å². The summed E-state index contributed by atoms with van der Waals surface area (Å²) >= 11 is 0. The molecule has 5 nitrogen and oxygen atoms in total. The number of carbonyl (C=O) groups is 1. The van der Waals surface area contributed by atoms with Crippen molar-refractivity contribution in [2.45, 2.75) is 12.8 Å². The predicted molar refractivity (Wildman–Crippen MR) is 124 cm³/mol. The van der Waals surface area contributed by atoms with Crippen LogP contribution in [0, 0.1) is 0 Å². The Bertz CT molecular complexity index is 1200. The second-order valence-corrected chi connectivity index (χ2v) is 7.66. The Morgan fingerprint density at radius 1 is 0.903 bits per heavy atom. The molecule has 5 heteroatoms. The molecule has 0 amide bonds. The molecule has 0 spiro atoms. The van der Waals surface area contributed by atoms with E-state index in [0.29, 0.717) is 5.82 Å². The number of aliphatic carboxylic acids is 1. The fourth-order valence-electron chi connectivity index (χ4n) is 3.70. The van der Waals surface area contributed by atoms with Crippen molar-refractivity contribution in [1.82, 2.24) is 4.98 Å². The lowest BCUT2D eigenvalue weighted by Crippen LogP contribution is -2.26. The van der Waals surface area contributed by atoms with Gasteiger partial charge in [-0.1, -0.05) is 48.5 Å². The van der Waals surface area contributed by atoms with Gasteiger partial charge in [0.05, 0.1) is 5.52 Å². The number of phenolic OH excluding ortho intramolecular Hbond substituents is 1. The number of fused-ring (bicyclic) bond motifs is 1. The molecular weight excluding hydrogens is 388 g/mol. The van der Waals surface area contributed by atoms with Gasteiger partial charge in [-0.25, -0.2) is 4.98 Å². The Labute approximate surface area is 181 Å². The first-order valence-corrected chi connectivity index (χ1v) is 10.2. The van der Waals surface area contributed by atoms with Crippen molar-refractivity contribution in [3.63, 3.8) is 0 Å². The highest BCUT2D eigenvalue weighted by molar-refractivity contribution is 5.96. The van der Waals surface area contributed by atoms with Crippen molar-refractivity contribution in [1.29, 1.82) is 0 Å². The molecule has 3 aromatic carbocycles. The van der Waals surface area contributed by atoms with Gasteiger partial charge < -0.3 is 15.1 Å². The molecule has 0 unspecified atom stereocenters. The fraction of sp³-hybridized carbons (Fsp3) is 0.154. The van der Waals surface area contributed by atoms with Crippen LogP contribution in [0.15, 0.2) is 78.9 Å². The molecule has 4 rings (SSSR count). The molecule has 0 aliphatic carbocycles. The van der Waals surface area contributed by atoms with Gasteiger partial charge in [0.25, 0.3) is 0 Å². The minimum absolute atomic E-state index is 0.114. The Hall–Kier alpha value is -3.86. The number of phenols is 1. The molecule has 0 fully saturated rings. The third-order valence-corrected chi connectivity index (χ3v) is 5.35. The standard InChI is InChI=1S/C26H24N2O3/c1-28(17-26(30)31)25-16-22(20-5-3-2-4-6-20)23-15-19(11-14-24(23)27-25)8-7-18-9-12-21(29)13-10-18/h2-6,9-16,29H,7-8,17H2,1H3,(H,30,31). The molecule has 0 atom stereocenters. The molecule has 0 aliphatic heterocycles. The third kappa shape index (κ3) is 4.83. The number of anilines is 1. The lowest BCUT2D eigenvalue weighted by molar-refractivity contribution is -0.135. The van der Waals surface area contributed by atoms with Crippen molar-refractivity contribution in [3.8, 4) is 16.9 Å². The van der Waals surface area contributed by atoms with Crippen LogP contribution in [0.2, 0.25) is 0 Å². The Kier molecular flexibility index (Phi) is 5.85. The van der Waals surface area contributed by atoms with E-state index in [0.717, 1.165) is 34.9 Å². The molecular formula is C26H24N2O3. The van der Waals surface area contributed by atoms with E-state index in [4.69, 9.17) is 10.1 Å². The van der Waals surface area contributed by atoms with Crippen molar-refractivity contribution in [2.24, 2.45) is 0 Å². The van der Waals surface area contributed by atoms with Crippen molar-refractivity contribution < 1.29 is 15.0 Å². The molecule has 4 aromatic rings. The normalized spacial score (nSPS) is 10.9. The topological polar surface area (TPSA) is 73.7 Å². The Balaban J connectivity index is 1.72. The lowest BCUT2D eigenvalue weighted by atomic mass is 9.97. The molecule has 0 radical (unpaired) electrons. The van der Waals surface area contributed by atoms with E-state index in [1.165, 1.54) is 11.1 Å². The fourth-order valence-corrected chi connectivity index (χ4v) is 3.70. The van der Waals surface area contributed by atoms with Crippen LogP contribution in [0.5, 0.6) is 5.75 Å². The van der Waals surface area contributed by atoms with E-state index < -0.39 is 5.97 Å². The number of pyridine rings is 1. The average molecular weight is 412 g/mol. The third-order valence-electron chi connectivity index (χ3n) is 5.35. The maximum atomic E-state index is 11.2. The minimum Gasteiger partial charge on any atom is -0.508 e.